The summed E-state index contributed by atoms with van der Waals surface area (Å²) in [7, 11) is 0. The second kappa shape index (κ2) is 5.22. The monoisotopic (exact) mass is 245 g/mol. The molecule has 92 valence electrons. The first-order chi connectivity index (χ1) is 8.68. The zero-order chi connectivity index (χ0) is 13.0. The van der Waals surface area contributed by atoms with Crippen LogP contribution < -0.4 is 5.69 Å². The lowest BCUT2D eigenvalue weighted by Gasteiger charge is -2.04. The maximum Gasteiger partial charge on any atom is 0.347 e. The Bertz CT molecular complexity index is 622. The fraction of sp³-hybridized carbons (Fsp3) is 0.167. The molecule has 0 unspecified atom stereocenters. The van der Waals surface area contributed by atoms with Gasteiger partial charge in [-0.15, -0.1) is 0 Å². The molecule has 0 aliphatic heterocycles. The van der Waals surface area contributed by atoms with Crippen molar-refractivity contribution in [3.63, 3.8) is 0 Å². The molecule has 0 radical (unpaired) electrons. The van der Waals surface area contributed by atoms with Crippen LogP contribution >= 0.6 is 0 Å². The van der Waals surface area contributed by atoms with E-state index in [9.17, 15) is 14.9 Å². The first-order valence-electron chi connectivity index (χ1n) is 5.42. The third-order valence-corrected chi connectivity index (χ3v) is 2.59. The van der Waals surface area contributed by atoms with Gasteiger partial charge >= 0.3 is 5.69 Å². The normalized spacial score (nSPS) is 10.2. The van der Waals surface area contributed by atoms with Crippen molar-refractivity contribution in [2.24, 2.45) is 0 Å². The Kier molecular flexibility index (Phi) is 3.47. The van der Waals surface area contributed by atoms with Crippen molar-refractivity contribution in [3.05, 3.63) is 68.9 Å². The zero-order valence-electron chi connectivity index (χ0n) is 9.52. The Balaban J connectivity index is 2.19. The van der Waals surface area contributed by atoms with Crippen LogP contribution in [0.1, 0.15) is 5.56 Å². The second-order valence-electron chi connectivity index (χ2n) is 3.73. The summed E-state index contributed by atoms with van der Waals surface area (Å²) in [5.41, 5.74) is 0.337. The number of benzene rings is 1. The molecule has 0 aliphatic rings. The Labute approximate surface area is 103 Å². The minimum Gasteiger partial charge on any atom is -0.299 e. The van der Waals surface area contributed by atoms with Crippen molar-refractivity contribution in [3.8, 4) is 0 Å². The summed E-state index contributed by atoms with van der Waals surface area (Å²) in [5, 5.41) is 10.8. The molecule has 0 saturated carbocycles. The molecule has 6 nitrogen and oxygen atoms in total. The average molecular weight is 245 g/mol. The maximum absolute atomic E-state index is 11.4. The molecular weight excluding hydrogens is 234 g/mol. The molecule has 0 amide bonds. The van der Waals surface area contributed by atoms with Gasteiger partial charge in [-0.25, -0.2) is 9.78 Å². The highest BCUT2D eigenvalue weighted by molar-refractivity contribution is 5.39. The molecule has 18 heavy (non-hydrogen) atoms. The van der Waals surface area contributed by atoms with E-state index in [0.717, 1.165) is 0 Å². The van der Waals surface area contributed by atoms with Gasteiger partial charge in [0.15, 0.2) is 0 Å². The molecular formula is C12H11N3O3. The van der Waals surface area contributed by atoms with Crippen LogP contribution in [0.5, 0.6) is 0 Å². The van der Waals surface area contributed by atoms with Gasteiger partial charge in [0.05, 0.1) is 4.92 Å². The van der Waals surface area contributed by atoms with Crippen LogP contribution in [-0.4, -0.2) is 14.5 Å². The van der Waals surface area contributed by atoms with Crippen LogP contribution in [0.2, 0.25) is 0 Å². The number of nitro groups is 1. The summed E-state index contributed by atoms with van der Waals surface area (Å²) in [6, 6.07) is 8.17. The predicted octanol–water partition coefficient (Wildman–Crippen LogP) is 1.39. The number of aryl methyl sites for hydroxylation is 2. The molecule has 1 heterocycles. The minimum atomic E-state index is -0.415. The molecule has 1 aromatic carbocycles. The number of nitro benzene ring substituents is 1. The van der Waals surface area contributed by atoms with Crippen LogP contribution in [0.4, 0.5) is 5.69 Å². The van der Waals surface area contributed by atoms with Crippen molar-refractivity contribution >= 4 is 5.69 Å². The number of para-hydroxylation sites is 1. The molecule has 2 aromatic rings. The summed E-state index contributed by atoms with van der Waals surface area (Å²) in [6.07, 6.45) is 3.46. The molecule has 2 rings (SSSR count). The quantitative estimate of drug-likeness (QED) is 0.602. The molecule has 0 N–H and O–H groups in total. The smallest absolute Gasteiger partial charge is 0.299 e. The van der Waals surface area contributed by atoms with Crippen LogP contribution in [0.3, 0.4) is 0 Å². The van der Waals surface area contributed by atoms with Gasteiger partial charge in [-0.3, -0.25) is 14.7 Å². The number of aromatic nitrogens is 2. The summed E-state index contributed by atoms with van der Waals surface area (Å²) in [5.74, 6) is 0. The molecule has 0 spiro atoms. The Hall–Kier alpha value is -2.50. The van der Waals surface area contributed by atoms with E-state index < -0.39 is 4.92 Å². The van der Waals surface area contributed by atoms with E-state index in [4.69, 9.17) is 0 Å². The molecule has 0 bridgehead atoms. The average Bonchev–Trinajstić information content (AvgIpc) is 2.38. The minimum absolute atomic E-state index is 0.0782. The lowest BCUT2D eigenvalue weighted by Crippen LogP contribution is -2.22. The van der Waals surface area contributed by atoms with E-state index in [1.54, 1.807) is 30.5 Å². The molecule has 0 fully saturated rings. The van der Waals surface area contributed by atoms with Crippen LogP contribution in [0.25, 0.3) is 0 Å². The van der Waals surface area contributed by atoms with E-state index in [-0.39, 0.29) is 11.4 Å². The molecule has 0 atom stereocenters. The highest BCUT2D eigenvalue weighted by atomic mass is 16.6. The van der Waals surface area contributed by atoms with Gasteiger partial charge in [0.1, 0.15) is 0 Å². The van der Waals surface area contributed by atoms with Gasteiger partial charge in [0.25, 0.3) is 5.69 Å². The molecule has 6 heteroatoms. The standard InChI is InChI=1S/C12H11N3O3/c16-12-13-7-3-8-14(12)9-6-10-4-1-2-5-11(10)15(17)18/h1-5,7-8H,6,9H2. The third kappa shape index (κ3) is 2.60. The zero-order valence-corrected chi connectivity index (χ0v) is 9.52. The number of hydrogen-bond donors (Lipinski definition) is 0. The Morgan fingerprint density at radius 3 is 2.78 bits per heavy atom. The Morgan fingerprint density at radius 2 is 2.06 bits per heavy atom. The van der Waals surface area contributed by atoms with Crippen LogP contribution in [-0.2, 0) is 13.0 Å². The van der Waals surface area contributed by atoms with Crippen molar-refractivity contribution < 1.29 is 4.92 Å². The highest BCUT2D eigenvalue weighted by Gasteiger charge is 2.11. The largest absolute Gasteiger partial charge is 0.347 e. The van der Waals surface area contributed by atoms with E-state index in [1.165, 1.54) is 16.8 Å². The van der Waals surface area contributed by atoms with Crippen LogP contribution in [0, 0.1) is 10.1 Å². The maximum atomic E-state index is 11.4. The third-order valence-electron chi connectivity index (χ3n) is 2.59. The van der Waals surface area contributed by atoms with Gasteiger partial charge < -0.3 is 0 Å². The van der Waals surface area contributed by atoms with Crippen molar-refractivity contribution in [1.29, 1.82) is 0 Å². The van der Waals surface area contributed by atoms with E-state index >= 15 is 0 Å². The number of hydrogen-bond acceptors (Lipinski definition) is 4. The van der Waals surface area contributed by atoms with E-state index in [1.807, 2.05) is 0 Å². The lowest BCUT2D eigenvalue weighted by atomic mass is 10.1. The predicted molar refractivity (Wildman–Crippen MR) is 65.3 cm³/mol. The second-order valence-corrected chi connectivity index (χ2v) is 3.73. The van der Waals surface area contributed by atoms with Crippen LogP contribution in [0.15, 0.2) is 47.5 Å². The van der Waals surface area contributed by atoms with Gasteiger partial charge in [0, 0.05) is 30.6 Å². The van der Waals surface area contributed by atoms with E-state index in [2.05, 4.69) is 4.98 Å². The Morgan fingerprint density at radius 1 is 1.28 bits per heavy atom. The van der Waals surface area contributed by atoms with E-state index in [0.29, 0.717) is 18.5 Å². The summed E-state index contributed by atoms with van der Waals surface area (Å²) >= 11 is 0. The van der Waals surface area contributed by atoms with Gasteiger partial charge in [-0.2, -0.15) is 0 Å². The lowest BCUT2D eigenvalue weighted by molar-refractivity contribution is -0.385. The van der Waals surface area contributed by atoms with Gasteiger partial charge in [-0.05, 0) is 12.5 Å². The van der Waals surface area contributed by atoms with Gasteiger partial charge in [-0.1, -0.05) is 18.2 Å². The summed E-state index contributed by atoms with van der Waals surface area (Å²) in [4.78, 5) is 25.4. The molecule has 1 aromatic heterocycles. The number of nitrogens with zero attached hydrogens (tertiary/aromatic N) is 3. The number of rotatable bonds is 4. The molecule has 0 saturated heterocycles. The van der Waals surface area contributed by atoms with Crippen molar-refractivity contribution in [2.75, 3.05) is 0 Å². The fourth-order valence-electron chi connectivity index (χ4n) is 1.70. The molecule has 0 aliphatic carbocycles. The summed E-state index contributed by atoms with van der Waals surface area (Å²) in [6.45, 7) is 0.373. The SMILES string of the molecule is O=c1ncccn1CCc1ccccc1[N+](=O)[O-]. The first-order valence-corrected chi connectivity index (χ1v) is 5.42. The topological polar surface area (TPSA) is 78.0 Å². The highest BCUT2D eigenvalue weighted by Crippen LogP contribution is 2.18. The fourth-order valence-corrected chi connectivity index (χ4v) is 1.70. The van der Waals surface area contributed by atoms with Crippen molar-refractivity contribution in [2.45, 2.75) is 13.0 Å². The van der Waals surface area contributed by atoms with Gasteiger partial charge in [0.2, 0.25) is 0 Å². The first kappa shape index (κ1) is 12.0. The van der Waals surface area contributed by atoms with Crippen molar-refractivity contribution in [1.82, 2.24) is 9.55 Å². The summed E-state index contributed by atoms with van der Waals surface area (Å²) < 4.78 is 1.43.